The molecule has 0 saturated carbocycles. The molecule has 118 valence electrons. The molecule has 0 bridgehead atoms. The predicted molar refractivity (Wildman–Crippen MR) is 87.1 cm³/mol. The Kier molecular flexibility index (Phi) is 5.90. The van der Waals surface area contributed by atoms with E-state index in [1.54, 1.807) is 7.11 Å². The molecule has 5 heteroatoms. The van der Waals surface area contributed by atoms with Crippen molar-refractivity contribution in [1.29, 1.82) is 0 Å². The second-order valence-corrected chi connectivity index (χ2v) is 6.97. The van der Waals surface area contributed by atoms with Crippen molar-refractivity contribution in [1.82, 2.24) is 5.32 Å². The van der Waals surface area contributed by atoms with E-state index in [-0.39, 0.29) is 5.41 Å². The van der Waals surface area contributed by atoms with Crippen LogP contribution in [0.25, 0.3) is 0 Å². The molecule has 1 aliphatic rings. The summed E-state index contributed by atoms with van der Waals surface area (Å²) in [5.41, 5.74) is 1.41. The van der Waals surface area contributed by atoms with Gasteiger partial charge in [0.1, 0.15) is 13.2 Å². The lowest BCUT2D eigenvalue weighted by atomic mass is 9.89. The van der Waals surface area contributed by atoms with E-state index >= 15 is 0 Å². The highest BCUT2D eigenvalue weighted by Crippen LogP contribution is 2.38. The van der Waals surface area contributed by atoms with E-state index in [0.717, 1.165) is 42.1 Å². The zero-order valence-corrected chi connectivity index (χ0v) is 14.6. The van der Waals surface area contributed by atoms with Crippen molar-refractivity contribution in [2.45, 2.75) is 26.8 Å². The number of ether oxygens (including phenoxy) is 3. The third kappa shape index (κ3) is 4.87. The van der Waals surface area contributed by atoms with Gasteiger partial charge in [0, 0.05) is 26.8 Å². The number of hydrogen-bond acceptors (Lipinski definition) is 4. The molecule has 0 radical (unpaired) electrons. The molecule has 4 nitrogen and oxygen atoms in total. The van der Waals surface area contributed by atoms with Gasteiger partial charge in [-0.1, -0.05) is 13.8 Å². The Morgan fingerprint density at radius 3 is 2.81 bits per heavy atom. The first-order valence-electron chi connectivity index (χ1n) is 7.29. The van der Waals surface area contributed by atoms with Crippen molar-refractivity contribution >= 4 is 15.9 Å². The van der Waals surface area contributed by atoms with Gasteiger partial charge in [-0.15, -0.1) is 0 Å². The van der Waals surface area contributed by atoms with Crippen LogP contribution in [0.3, 0.4) is 0 Å². The molecule has 0 unspecified atom stereocenters. The van der Waals surface area contributed by atoms with Crippen molar-refractivity contribution in [2.75, 3.05) is 33.5 Å². The summed E-state index contributed by atoms with van der Waals surface area (Å²) in [4.78, 5) is 0. The molecule has 1 N–H and O–H groups in total. The lowest BCUT2D eigenvalue weighted by molar-refractivity contribution is 0.150. The molecule has 0 aromatic heterocycles. The molecule has 1 aromatic rings. The normalized spacial score (nSPS) is 14.3. The third-order valence-electron chi connectivity index (χ3n) is 3.57. The number of methoxy groups -OCH3 is 1. The van der Waals surface area contributed by atoms with Gasteiger partial charge in [-0.3, -0.25) is 0 Å². The first kappa shape index (κ1) is 16.6. The average molecular weight is 358 g/mol. The van der Waals surface area contributed by atoms with Gasteiger partial charge in [0.05, 0.1) is 4.47 Å². The van der Waals surface area contributed by atoms with Crippen molar-refractivity contribution in [2.24, 2.45) is 5.41 Å². The van der Waals surface area contributed by atoms with Gasteiger partial charge in [-0.25, -0.2) is 0 Å². The minimum Gasteiger partial charge on any atom is -0.486 e. The van der Waals surface area contributed by atoms with Gasteiger partial charge in [0.15, 0.2) is 11.5 Å². The zero-order valence-electron chi connectivity index (χ0n) is 13.0. The van der Waals surface area contributed by atoms with E-state index in [4.69, 9.17) is 14.2 Å². The largest absolute Gasteiger partial charge is 0.486 e. The molecular formula is C16H24BrNO3. The van der Waals surface area contributed by atoms with Crippen LogP contribution in [0.4, 0.5) is 0 Å². The van der Waals surface area contributed by atoms with Crippen molar-refractivity contribution in [3.05, 3.63) is 22.2 Å². The van der Waals surface area contributed by atoms with Crippen LogP contribution >= 0.6 is 15.9 Å². The summed E-state index contributed by atoms with van der Waals surface area (Å²) in [7, 11) is 1.75. The van der Waals surface area contributed by atoms with Gasteiger partial charge in [0.2, 0.25) is 0 Å². The van der Waals surface area contributed by atoms with E-state index in [9.17, 15) is 0 Å². The predicted octanol–water partition coefficient (Wildman–Crippen LogP) is 3.37. The molecule has 0 atom stereocenters. The lowest BCUT2D eigenvalue weighted by Crippen LogP contribution is -2.30. The van der Waals surface area contributed by atoms with Crippen molar-refractivity contribution < 1.29 is 14.2 Å². The molecule has 1 heterocycles. The molecule has 1 aliphatic heterocycles. The molecule has 1 aromatic carbocycles. The summed E-state index contributed by atoms with van der Waals surface area (Å²) in [6.07, 6.45) is 1.04. The SMILES string of the molecule is COCCC(C)(C)CNCc1cc(Br)c2c(c1)OCCO2. The van der Waals surface area contributed by atoms with Crippen LogP contribution in [-0.4, -0.2) is 33.5 Å². The third-order valence-corrected chi connectivity index (χ3v) is 4.16. The maximum atomic E-state index is 5.65. The molecule has 0 spiro atoms. The Bertz CT molecular complexity index is 477. The first-order chi connectivity index (χ1) is 10.0. The van der Waals surface area contributed by atoms with Crippen molar-refractivity contribution in [3.8, 4) is 11.5 Å². The second kappa shape index (κ2) is 7.47. The number of nitrogens with one attached hydrogen (secondary N) is 1. The van der Waals surface area contributed by atoms with Crippen LogP contribution in [0.5, 0.6) is 11.5 Å². The molecule has 21 heavy (non-hydrogen) atoms. The van der Waals surface area contributed by atoms with E-state index in [1.807, 2.05) is 0 Å². The maximum absolute atomic E-state index is 5.65. The number of rotatable bonds is 7. The number of halogens is 1. The van der Waals surface area contributed by atoms with Crippen LogP contribution in [0.15, 0.2) is 16.6 Å². The highest BCUT2D eigenvalue weighted by atomic mass is 79.9. The number of fused-ring (bicyclic) bond motifs is 1. The minimum absolute atomic E-state index is 0.223. The maximum Gasteiger partial charge on any atom is 0.175 e. The van der Waals surface area contributed by atoms with Crippen LogP contribution in [0.2, 0.25) is 0 Å². The smallest absolute Gasteiger partial charge is 0.175 e. The van der Waals surface area contributed by atoms with Gasteiger partial charge in [-0.05, 0) is 45.5 Å². The van der Waals surface area contributed by atoms with Crippen LogP contribution in [0, 0.1) is 5.41 Å². The number of benzene rings is 1. The summed E-state index contributed by atoms with van der Waals surface area (Å²) in [6.45, 7) is 8.27. The summed E-state index contributed by atoms with van der Waals surface area (Å²) in [6, 6.07) is 4.14. The molecular weight excluding hydrogens is 334 g/mol. The van der Waals surface area contributed by atoms with Gasteiger partial charge < -0.3 is 19.5 Å². The van der Waals surface area contributed by atoms with Gasteiger partial charge >= 0.3 is 0 Å². The summed E-state index contributed by atoms with van der Waals surface area (Å²) in [5, 5.41) is 3.51. The molecule has 0 aliphatic carbocycles. The standard InChI is InChI=1S/C16H24BrNO3/c1-16(2,4-5-19-3)11-18-10-12-8-13(17)15-14(9-12)20-6-7-21-15/h8-9,18H,4-7,10-11H2,1-3H3. The summed E-state index contributed by atoms with van der Waals surface area (Å²) >= 11 is 3.55. The van der Waals surface area contributed by atoms with Gasteiger partial charge in [0.25, 0.3) is 0 Å². The van der Waals surface area contributed by atoms with E-state index < -0.39 is 0 Å². The second-order valence-electron chi connectivity index (χ2n) is 6.11. The Morgan fingerprint density at radius 2 is 2.05 bits per heavy atom. The van der Waals surface area contributed by atoms with E-state index in [0.29, 0.717) is 13.2 Å². The Morgan fingerprint density at radius 1 is 1.29 bits per heavy atom. The molecule has 0 fully saturated rings. The van der Waals surface area contributed by atoms with E-state index in [2.05, 4.69) is 47.2 Å². The topological polar surface area (TPSA) is 39.7 Å². The highest BCUT2D eigenvalue weighted by Gasteiger charge is 2.18. The molecule has 0 amide bonds. The quantitative estimate of drug-likeness (QED) is 0.811. The molecule has 0 saturated heterocycles. The Labute approximate surface area is 135 Å². The fraction of sp³-hybridized carbons (Fsp3) is 0.625. The Balaban J connectivity index is 1.90. The fourth-order valence-corrected chi connectivity index (χ4v) is 2.88. The summed E-state index contributed by atoms with van der Waals surface area (Å²) < 4.78 is 17.4. The van der Waals surface area contributed by atoms with Crippen LogP contribution in [0.1, 0.15) is 25.8 Å². The average Bonchev–Trinajstić information content (AvgIpc) is 2.45. The van der Waals surface area contributed by atoms with Crippen molar-refractivity contribution in [3.63, 3.8) is 0 Å². The van der Waals surface area contributed by atoms with Crippen LogP contribution < -0.4 is 14.8 Å². The lowest BCUT2D eigenvalue weighted by Gasteiger charge is -2.25. The first-order valence-corrected chi connectivity index (χ1v) is 8.09. The Hall–Kier alpha value is -0.780. The molecule has 2 rings (SSSR count). The van der Waals surface area contributed by atoms with E-state index in [1.165, 1.54) is 5.56 Å². The summed E-state index contributed by atoms with van der Waals surface area (Å²) in [5.74, 6) is 1.64. The van der Waals surface area contributed by atoms with Gasteiger partial charge in [-0.2, -0.15) is 0 Å². The van der Waals surface area contributed by atoms with Crippen LogP contribution in [-0.2, 0) is 11.3 Å². The monoisotopic (exact) mass is 357 g/mol. The minimum atomic E-state index is 0.223. The fourth-order valence-electron chi connectivity index (χ4n) is 2.28. The highest BCUT2D eigenvalue weighted by molar-refractivity contribution is 9.10. The zero-order chi connectivity index (χ0) is 15.3. The number of hydrogen-bond donors (Lipinski definition) is 1.